The molecule has 1 aliphatic heterocycles. The van der Waals surface area contributed by atoms with Gasteiger partial charge in [0.05, 0.1) is 4.90 Å². The molecule has 0 unspecified atom stereocenters. The van der Waals surface area contributed by atoms with Crippen LogP contribution in [0.15, 0.2) is 17.0 Å². The molecule has 0 saturated carbocycles. The van der Waals surface area contributed by atoms with Crippen molar-refractivity contribution in [1.82, 2.24) is 14.9 Å². The number of nitrogens with zero attached hydrogens (tertiary/aromatic N) is 1. The smallest absolute Gasteiger partial charge is 0.241 e. The van der Waals surface area contributed by atoms with Crippen LogP contribution in [-0.4, -0.2) is 51.3 Å². The first-order valence-electron chi connectivity index (χ1n) is 11.3. The number of hydrogen-bond donors (Lipinski definition) is 2. The van der Waals surface area contributed by atoms with Gasteiger partial charge in [0.2, 0.25) is 21.8 Å². The van der Waals surface area contributed by atoms with E-state index >= 15 is 0 Å². The summed E-state index contributed by atoms with van der Waals surface area (Å²) >= 11 is 0. The van der Waals surface area contributed by atoms with Crippen molar-refractivity contribution >= 4 is 21.8 Å². The van der Waals surface area contributed by atoms with Crippen LogP contribution in [0, 0.1) is 26.7 Å². The van der Waals surface area contributed by atoms with E-state index in [1.54, 1.807) is 18.7 Å². The van der Waals surface area contributed by atoms with Gasteiger partial charge in [-0.25, -0.2) is 13.1 Å². The van der Waals surface area contributed by atoms with Crippen molar-refractivity contribution in [2.45, 2.75) is 71.1 Å². The van der Waals surface area contributed by atoms with E-state index in [1.807, 2.05) is 19.1 Å². The third kappa shape index (κ3) is 7.31. The molecule has 1 fully saturated rings. The fourth-order valence-electron chi connectivity index (χ4n) is 4.24. The maximum atomic E-state index is 12.7. The second kappa shape index (κ2) is 11.6. The molecule has 1 saturated heterocycles. The number of carbonyl (C=O) groups is 2. The minimum Gasteiger partial charge on any atom is -0.356 e. The standard InChI is InChI=1S/C23H37N3O4S/c1-5-6-7-11-24-23(28)20-9-13-26(14-10-20)21(27)8-12-25-31(29,30)22-18(3)15-17(2)16-19(22)4/h15-16,20,25H,5-14H2,1-4H3,(H,24,28). The van der Waals surface area contributed by atoms with Gasteiger partial charge >= 0.3 is 0 Å². The molecule has 2 N–H and O–H groups in total. The van der Waals surface area contributed by atoms with E-state index in [-0.39, 0.29) is 35.6 Å². The van der Waals surface area contributed by atoms with Crippen LogP contribution in [0.2, 0.25) is 0 Å². The van der Waals surface area contributed by atoms with Crippen LogP contribution in [0.25, 0.3) is 0 Å². The zero-order valence-electron chi connectivity index (χ0n) is 19.3. The fourth-order valence-corrected chi connectivity index (χ4v) is 5.72. The summed E-state index contributed by atoms with van der Waals surface area (Å²) in [5, 5.41) is 2.99. The summed E-state index contributed by atoms with van der Waals surface area (Å²) in [6, 6.07) is 3.69. The molecule has 2 rings (SSSR count). The molecule has 0 bridgehead atoms. The third-order valence-electron chi connectivity index (χ3n) is 5.80. The number of carbonyl (C=O) groups excluding carboxylic acids is 2. The Bertz CT molecular complexity index is 852. The van der Waals surface area contributed by atoms with Gasteiger partial charge < -0.3 is 10.2 Å². The van der Waals surface area contributed by atoms with Crippen molar-refractivity contribution in [1.29, 1.82) is 0 Å². The Hall–Kier alpha value is -1.93. The molecule has 1 aliphatic rings. The number of sulfonamides is 1. The minimum atomic E-state index is -3.67. The summed E-state index contributed by atoms with van der Waals surface area (Å²) in [6.07, 6.45) is 4.64. The van der Waals surface area contributed by atoms with E-state index in [2.05, 4.69) is 17.0 Å². The van der Waals surface area contributed by atoms with Gasteiger partial charge in [0.25, 0.3) is 0 Å². The van der Waals surface area contributed by atoms with Crippen LogP contribution < -0.4 is 10.0 Å². The topological polar surface area (TPSA) is 95.6 Å². The van der Waals surface area contributed by atoms with Gasteiger partial charge in [-0.05, 0) is 51.2 Å². The highest BCUT2D eigenvalue weighted by Crippen LogP contribution is 2.22. The van der Waals surface area contributed by atoms with E-state index in [1.165, 1.54) is 0 Å². The lowest BCUT2D eigenvalue weighted by Gasteiger charge is -2.31. The van der Waals surface area contributed by atoms with E-state index < -0.39 is 10.0 Å². The number of piperidine rings is 1. The molecule has 7 nitrogen and oxygen atoms in total. The van der Waals surface area contributed by atoms with Crippen LogP contribution in [0.4, 0.5) is 0 Å². The van der Waals surface area contributed by atoms with Gasteiger partial charge in [-0.3, -0.25) is 9.59 Å². The van der Waals surface area contributed by atoms with Gasteiger partial charge in [0, 0.05) is 38.5 Å². The monoisotopic (exact) mass is 451 g/mol. The quantitative estimate of drug-likeness (QED) is 0.535. The van der Waals surface area contributed by atoms with Crippen molar-refractivity contribution in [3.63, 3.8) is 0 Å². The molecular formula is C23H37N3O4S. The highest BCUT2D eigenvalue weighted by atomic mass is 32.2. The van der Waals surface area contributed by atoms with Gasteiger partial charge in [-0.2, -0.15) is 0 Å². The lowest BCUT2D eigenvalue weighted by atomic mass is 9.95. The summed E-state index contributed by atoms with van der Waals surface area (Å²) in [7, 11) is -3.67. The molecule has 0 atom stereocenters. The van der Waals surface area contributed by atoms with E-state index in [0.29, 0.717) is 43.6 Å². The van der Waals surface area contributed by atoms with Crippen LogP contribution >= 0.6 is 0 Å². The number of rotatable bonds is 10. The Morgan fingerprint density at radius 1 is 1.03 bits per heavy atom. The first kappa shape index (κ1) is 25.3. The maximum Gasteiger partial charge on any atom is 0.241 e. The molecule has 0 aromatic heterocycles. The van der Waals surface area contributed by atoms with Crippen LogP contribution in [0.5, 0.6) is 0 Å². The average Bonchev–Trinajstić information content (AvgIpc) is 2.70. The molecule has 31 heavy (non-hydrogen) atoms. The number of nitrogens with one attached hydrogen (secondary N) is 2. The predicted octanol–water partition coefficient (Wildman–Crippen LogP) is 2.83. The predicted molar refractivity (Wildman–Crippen MR) is 122 cm³/mol. The second-order valence-electron chi connectivity index (χ2n) is 8.53. The molecular weight excluding hydrogens is 414 g/mol. The average molecular weight is 452 g/mol. The molecule has 2 amide bonds. The zero-order valence-corrected chi connectivity index (χ0v) is 20.1. The Balaban J connectivity index is 1.78. The van der Waals surface area contributed by atoms with Crippen molar-refractivity contribution < 1.29 is 18.0 Å². The first-order valence-corrected chi connectivity index (χ1v) is 12.8. The molecule has 0 spiro atoms. The number of hydrogen-bond acceptors (Lipinski definition) is 4. The molecule has 174 valence electrons. The number of aryl methyl sites for hydroxylation is 3. The number of unbranched alkanes of at least 4 members (excludes halogenated alkanes) is 2. The molecule has 0 radical (unpaired) electrons. The molecule has 0 aliphatic carbocycles. The largest absolute Gasteiger partial charge is 0.356 e. The van der Waals surface area contributed by atoms with Crippen molar-refractivity contribution in [2.24, 2.45) is 5.92 Å². The summed E-state index contributed by atoms with van der Waals surface area (Å²) in [5.74, 6) is -0.0432. The number of amides is 2. The van der Waals surface area contributed by atoms with Crippen LogP contribution in [0.3, 0.4) is 0 Å². The summed E-state index contributed by atoms with van der Waals surface area (Å²) in [5.41, 5.74) is 2.42. The Kier molecular flexibility index (Phi) is 9.50. The Labute approximate surface area is 187 Å². The van der Waals surface area contributed by atoms with Gasteiger partial charge in [0.1, 0.15) is 0 Å². The van der Waals surface area contributed by atoms with Crippen molar-refractivity contribution in [3.8, 4) is 0 Å². The first-order chi connectivity index (χ1) is 14.7. The Morgan fingerprint density at radius 3 is 2.23 bits per heavy atom. The highest BCUT2D eigenvalue weighted by molar-refractivity contribution is 7.89. The molecule has 8 heteroatoms. The maximum absolute atomic E-state index is 12.7. The molecule has 1 aromatic carbocycles. The van der Waals surface area contributed by atoms with Gasteiger partial charge in [0.15, 0.2) is 0 Å². The molecule has 1 aromatic rings. The Morgan fingerprint density at radius 2 is 1.65 bits per heavy atom. The SMILES string of the molecule is CCCCCNC(=O)C1CCN(C(=O)CCNS(=O)(=O)c2c(C)cc(C)cc2C)CC1. The molecule has 1 heterocycles. The summed E-state index contributed by atoms with van der Waals surface area (Å²) in [4.78, 5) is 26.8. The lowest BCUT2D eigenvalue weighted by Crippen LogP contribution is -2.44. The summed E-state index contributed by atoms with van der Waals surface area (Å²) < 4.78 is 28.0. The second-order valence-corrected chi connectivity index (χ2v) is 10.2. The van der Waals surface area contributed by atoms with E-state index in [0.717, 1.165) is 24.8 Å². The minimum absolute atomic E-state index is 0.0448. The van der Waals surface area contributed by atoms with Crippen LogP contribution in [0.1, 0.15) is 62.1 Å². The van der Waals surface area contributed by atoms with Crippen LogP contribution in [-0.2, 0) is 19.6 Å². The van der Waals surface area contributed by atoms with Gasteiger partial charge in [-0.1, -0.05) is 37.5 Å². The summed E-state index contributed by atoms with van der Waals surface area (Å²) in [6.45, 7) is 9.47. The number of benzene rings is 1. The number of likely N-dealkylation sites (tertiary alicyclic amines) is 1. The van der Waals surface area contributed by atoms with Gasteiger partial charge in [-0.15, -0.1) is 0 Å². The lowest BCUT2D eigenvalue weighted by molar-refractivity contribution is -0.135. The van der Waals surface area contributed by atoms with Crippen molar-refractivity contribution in [2.75, 3.05) is 26.2 Å². The van der Waals surface area contributed by atoms with E-state index in [4.69, 9.17) is 0 Å². The normalized spacial score (nSPS) is 15.2. The van der Waals surface area contributed by atoms with E-state index in [9.17, 15) is 18.0 Å². The highest BCUT2D eigenvalue weighted by Gasteiger charge is 2.27. The van der Waals surface area contributed by atoms with Crippen molar-refractivity contribution in [3.05, 3.63) is 28.8 Å². The fraction of sp³-hybridized carbons (Fsp3) is 0.652. The zero-order chi connectivity index (χ0) is 23.0. The third-order valence-corrected chi connectivity index (χ3v) is 7.57.